The lowest BCUT2D eigenvalue weighted by molar-refractivity contribution is -0.557. The molecule has 2 aromatic carbocycles. The van der Waals surface area contributed by atoms with Crippen LogP contribution in [0.2, 0.25) is 0 Å². The van der Waals surface area contributed by atoms with Crippen molar-refractivity contribution >= 4 is 0 Å². The molecule has 0 aliphatic carbocycles. The molecule has 2 fully saturated rings. The Labute approximate surface area is 272 Å². The Kier molecular flexibility index (Phi) is 14.2. The number of azide groups is 2. The Morgan fingerprint density at radius 3 is 2.04 bits per heavy atom. The summed E-state index contributed by atoms with van der Waals surface area (Å²) in [6.07, 6.45) is -3.17. The maximum absolute atomic E-state index is 12.4. The molecule has 2 saturated heterocycles. The predicted molar refractivity (Wildman–Crippen MR) is 170 cm³/mol. The second kappa shape index (κ2) is 18.7. The van der Waals surface area contributed by atoms with Crippen LogP contribution in [-0.4, -0.2) is 73.8 Å². The molecule has 0 saturated carbocycles. The highest BCUT2D eigenvalue weighted by Crippen LogP contribution is 2.38. The largest absolute Gasteiger partial charge is 0.370 e. The van der Waals surface area contributed by atoms with E-state index in [1.165, 1.54) is 6.08 Å². The van der Waals surface area contributed by atoms with Crippen LogP contribution in [0.15, 0.2) is 96.2 Å². The minimum atomic E-state index is -1.29. The third kappa shape index (κ3) is 10.1. The molecule has 0 aromatic heterocycles. The van der Waals surface area contributed by atoms with Crippen LogP contribution in [0, 0.1) is 16.0 Å². The van der Waals surface area contributed by atoms with Gasteiger partial charge >= 0.3 is 0 Å². The van der Waals surface area contributed by atoms with E-state index >= 15 is 0 Å². The molecule has 4 rings (SSSR count). The first-order valence-corrected chi connectivity index (χ1v) is 15.2. The average molecular weight is 650 g/mol. The van der Waals surface area contributed by atoms with Gasteiger partial charge in [0.1, 0.15) is 6.10 Å². The lowest BCUT2D eigenvalue weighted by atomic mass is 9.87. The molecule has 0 spiro atoms. The van der Waals surface area contributed by atoms with E-state index in [1.807, 2.05) is 60.7 Å². The molecule has 0 amide bonds. The van der Waals surface area contributed by atoms with Crippen LogP contribution < -0.4 is 0 Å². The average Bonchev–Trinajstić information content (AvgIpc) is 3.09. The molecule has 2 aromatic rings. The second-order valence-electron chi connectivity index (χ2n) is 11.0. The summed E-state index contributed by atoms with van der Waals surface area (Å²) in [5, 5.41) is 19.7. The highest BCUT2D eigenvalue weighted by Gasteiger charge is 2.53. The molecule has 15 heteroatoms. The van der Waals surface area contributed by atoms with Crippen molar-refractivity contribution in [1.82, 2.24) is 0 Å². The number of allylic oxidation sites excluding steroid dienone is 1. The van der Waals surface area contributed by atoms with Gasteiger partial charge in [0.2, 0.25) is 6.04 Å². The van der Waals surface area contributed by atoms with Crippen molar-refractivity contribution in [3.05, 3.63) is 128 Å². The summed E-state index contributed by atoms with van der Waals surface area (Å²) in [6, 6.07) is 17.9. The van der Waals surface area contributed by atoms with Crippen LogP contribution in [0.5, 0.6) is 0 Å². The monoisotopic (exact) mass is 649 g/mol. The molecule has 0 N–H and O–H groups in total. The quantitative estimate of drug-likeness (QED) is 0.0465. The molecular weight excluding hydrogens is 610 g/mol. The molecule has 250 valence electrons. The third-order valence-corrected chi connectivity index (χ3v) is 7.87. The van der Waals surface area contributed by atoms with Crippen molar-refractivity contribution in [1.29, 1.82) is 0 Å². The third-order valence-electron chi connectivity index (χ3n) is 7.87. The van der Waals surface area contributed by atoms with E-state index in [0.717, 1.165) is 11.1 Å². The van der Waals surface area contributed by atoms with Crippen molar-refractivity contribution < 1.29 is 33.3 Å². The lowest BCUT2D eigenvalue weighted by Gasteiger charge is -2.48. The molecule has 15 nitrogen and oxygen atoms in total. The summed E-state index contributed by atoms with van der Waals surface area (Å²) in [4.78, 5) is 17.6. The number of hydrogen-bond acceptors (Lipinski definition) is 10. The van der Waals surface area contributed by atoms with Crippen molar-refractivity contribution in [2.45, 2.75) is 75.2 Å². The maximum atomic E-state index is 12.4. The molecule has 0 radical (unpaired) electrons. The summed E-state index contributed by atoms with van der Waals surface area (Å²) in [5.41, 5.74) is 19.8. The van der Waals surface area contributed by atoms with Gasteiger partial charge in [-0.05, 0) is 28.6 Å². The zero-order chi connectivity index (χ0) is 33.4. The van der Waals surface area contributed by atoms with Gasteiger partial charge in [-0.25, -0.2) is 0 Å². The zero-order valence-corrected chi connectivity index (χ0v) is 25.9. The molecule has 0 bridgehead atoms. The fraction of sp³-hybridized carbons (Fsp3) is 0.500. The fourth-order valence-corrected chi connectivity index (χ4v) is 5.71. The number of rotatable bonds is 18. The Morgan fingerprint density at radius 2 is 1.47 bits per heavy atom. The normalized spacial score (nSPS) is 28.7. The minimum absolute atomic E-state index is 0.0164. The molecular formula is C32H39N7O8. The van der Waals surface area contributed by atoms with Gasteiger partial charge in [-0.1, -0.05) is 83.0 Å². The highest BCUT2D eigenvalue weighted by atomic mass is 16.7. The van der Waals surface area contributed by atoms with E-state index in [-0.39, 0.29) is 39.3 Å². The first kappa shape index (κ1) is 35.6. The zero-order valence-electron chi connectivity index (χ0n) is 25.9. The topological polar surface area (TPSA) is 196 Å². The number of hydrogen-bond donors (Lipinski definition) is 0. The fourth-order valence-electron chi connectivity index (χ4n) is 5.71. The van der Waals surface area contributed by atoms with Gasteiger partial charge < -0.3 is 28.4 Å². The van der Waals surface area contributed by atoms with Crippen molar-refractivity contribution in [2.24, 2.45) is 16.1 Å². The van der Waals surface area contributed by atoms with Crippen LogP contribution in [0.4, 0.5) is 0 Å². The number of benzene rings is 2. The van der Waals surface area contributed by atoms with Gasteiger partial charge in [-0.2, -0.15) is 0 Å². The van der Waals surface area contributed by atoms with Crippen molar-refractivity contribution in [3.63, 3.8) is 0 Å². The summed E-state index contributed by atoms with van der Waals surface area (Å²) >= 11 is 0. The van der Waals surface area contributed by atoms with E-state index in [0.29, 0.717) is 6.42 Å². The van der Waals surface area contributed by atoms with Crippen LogP contribution in [0.25, 0.3) is 20.9 Å². The molecule has 1 unspecified atom stereocenters. The van der Waals surface area contributed by atoms with E-state index in [9.17, 15) is 15.6 Å². The van der Waals surface area contributed by atoms with Crippen LogP contribution in [0.1, 0.15) is 24.0 Å². The highest BCUT2D eigenvalue weighted by molar-refractivity contribution is 5.15. The van der Waals surface area contributed by atoms with E-state index < -0.39 is 60.0 Å². The molecule has 2 heterocycles. The first-order valence-electron chi connectivity index (χ1n) is 15.2. The molecule has 2 aliphatic rings. The summed E-state index contributed by atoms with van der Waals surface area (Å²) in [7, 11) is 0. The number of nitrogens with zero attached hydrogens (tertiary/aromatic N) is 7. The molecule has 2 aliphatic heterocycles. The molecule has 47 heavy (non-hydrogen) atoms. The predicted octanol–water partition coefficient (Wildman–Crippen LogP) is 6.04. The standard InChI is InChI=1S/C32H39N7O8/c1-3-11-25-28(43-20-22-12-7-5-8-13-22)30(44-21-23-14-9-6-10-15-23)27(19-36-38-34)46-31(25)47-29-26(39(40)41)17-24(18-35-37-33)45-32(29)42-16-4-2/h3-10,12-15,24-32H,1-2,11,16-21H2/t24-,25+,26-,27+,28+,29+,30+,31?,32+/m0/s1. The molecule has 9 atom stereocenters. The minimum Gasteiger partial charge on any atom is -0.370 e. The smallest absolute Gasteiger partial charge is 0.246 e. The van der Waals surface area contributed by atoms with E-state index in [1.54, 1.807) is 6.08 Å². The van der Waals surface area contributed by atoms with Gasteiger partial charge in [0.15, 0.2) is 18.7 Å². The number of ether oxygens (including phenoxy) is 6. The Morgan fingerprint density at radius 1 is 0.851 bits per heavy atom. The van der Waals surface area contributed by atoms with E-state index in [4.69, 9.17) is 34.0 Å². The van der Waals surface area contributed by atoms with Crippen molar-refractivity contribution in [3.8, 4) is 0 Å². The Bertz CT molecular complexity index is 1390. The van der Waals surface area contributed by atoms with Crippen LogP contribution >= 0.6 is 0 Å². The van der Waals surface area contributed by atoms with Gasteiger partial charge in [0.05, 0.1) is 51.2 Å². The number of nitro groups is 1. The maximum Gasteiger partial charge on any atom is 0.246 e. The van der Waals surface area contributed by atoms with Crippen LogP contribution in [0.3, 0.4) is 0 Å². The Hall–Kier alpha value is -4.30. The summed E-state index contributed by atoms with van der Waals surface area (Å²) in [6.45, 7) is 7.82. The van der Waals surface area contributed by atoms with Crippen LogP contribution in [-0.2, 0) is 41.6 Å². The van der Waals surface area contributed by atoms with Gasteiger partial charge in [-0.15, -0.1) is 13.2 Å². The van der Waals surface area contributed by atoms with Gasteiger partial charge in [0, 0.05) is 27.1 Å². The van der Waals surface area contributed by atoms with Crippen molar-refractivity contribution in [2.75, 3.05) is 19.7 Å². The van der Waals surface area contributed by atoms with E-state index in [2.05, 4.69) is 33.2 Å². The van der Waals surface area contributed by atoms with Gasteiger partial charge in [-0.3, -0.25) is 10.1 Å². The second-order valence-corrected chi connectivity index (χ2v) is 11.0. The SMILES string of the molecule is C=CCO[C@@H]1O[C@H](CN=[N+]=[N-])C[C@H]([N+](=O)[O-])[C@H]1OC1O[C@H](CN=[N+]=[N-])[C@@H](OCc2ccccc2)[C@H](OCc2ccccc2)[C@H]1CC=C. The first-order chi connectivity index (χ1) is 23.0. The van der Waals surface area contributed by atoms with Gasteiger partial charge in [0.25, 0.3) is 0 Å². The summed E-state index contributed by atoms with van der Waals surface area (Å²) in [5.74, 6) is -0.562. The summed E-state index contributed by atoms with van der Waals surface area (Å²) < 4.78 is 37.7. The Balaban J connectivity index is 1.69. The lowest BCUT2D eigenvalue weighted by Crippen LogP contribution is -2.61.